The van der Waals surface area contributed by atoms with E-state index in [1.54, 1.807) is 0 Å². The smallest absolute Gasteiger partial charge is 0.191 e. The Kier molecular flexibility index (Phi) is 6.64. The first kappa shape index (κ1) is 17.4. The predicted molar refractivity (Wildman–Crippen MR) is 81.7 cm³/mol. The highest BCUT2D eigenvalue weighted by molar-refractivity contribution is 6.74. The Morgan fingerprint density at radius 1 is 0.941 bits per heavy atom. The van der Waals surface area contributed by atoms with Crippen LogP contribution in [0.2, 0.25) is 37.3 Å². The second-order valence-electron chi connectivity index (χ2n) is 6.91. The molecule has 0 atom stereocenters. The molecule has 0 bridgehead atoms. The van der Waals surface area contributed by atoms with E-state index < -0.39 is 16.6 Å². The monoisotopic (exact) mass is 276 g/mol. The average Bonchev–Trinajstić information content (AvgIpc) is 2.10. The van der Waals surface area contributed by atoms with Gasteiger partial charge in [-0.1, -0.05) is 20.8 Å². The zero-order chi connectivity index (χ0) is 13.7. The van der Waals surface area contributed by atoms with Crippen molar-refractivity contribution in [2.45, 2.75) is 71.4 Å². The van der Waals surface area contributed by atoms with Crippen molar-refractivity contribution in [2.75, 3.05) is 13.2 Å². The van der Waals surface area contributed by atoms with E-state index in [2.05, 4.69) is 53.9 Å². The molecule has 0 unspecified atom stereocenters. The molecule has 0 N–H and O–H groups in total. The number of hydrogen-bond acceptors (Lipinski definition) is 2. The third-order valence-corrected chi connectivity index (χ3v) is 10.9. The molecule has 0 spiro atoms. The van der Waals surface area contributed by atoms with E-state index in [0.717, 1.165) is 19.6 Å². The number of rotatable bonds is 7. The van der Waals surface area contributed by atoms with E-state index in [0.29, 0.717) is 5.04 Å². The molecule has 0 aromatic carbocycles. The Balaban J connectivity index is 3.94. The van der Waals surface area contributed by atoms with E-state index in [1.807, 2.05) is 0 Å². The van der Waals surface area contributed by atoms with E-state index in [-0.39, 0.29) is 0 Å². The molecule has 4 heteroatoms. The van der Waals surface area contributed by atoms with Gasteiger partial charge in [-0.05, 0) is 50.6 Å². The Hall–Kier alpha value is 0.354. The topological polar surface area (TPSA) is 18.5 Å². The first-order valence-corrected chi connectivity index (χ1v) is 12.8. The lowest BCUT2D eigenvalue weighted by Gasteiger charge is -2.36. The zero-order valence-electron chi connectivity index (χ0n) is 13.1. The van der Waals surface area contributed by atoms with Gasteiger partial charge in [0.1, 0.15) is 0 Å². The number of hydrogen-bond donors (Lipinski definition) is 0. The van der Waals surface area contributed by atoms with Crippen molar-refractivity contribution >= 4 is 16.6 Å². The summed E-state index contributed by atoms with van der Waals surface area (Å²) < 4.78 is 12.0. The van der Waals surface area contributed by atoms with Gasteiger partial charge in [-0.15, -0.1) is 0 Å². The fourth-order valence-electron chi connectivity index (χ4n) is 1.50. The summed E-state index contributed by atoms with van der Waals surface area (Å²) in [6, 6.07) is 1.20. The summed E-state index contributed by atoms with van der Waals surface area (Å²) in [4.78, 5) is 0. The SMILES string of the molecule is CCO[Si](C)(C)CCCO[Si](C)(C)C(C)(C)C. The maximum Gasteiger partial charge on any atom is 0.191 e. The van der Waals surface area contributed by atoms with Gasteiger partial charge in [-0.3, -0.25) is 0 Å². The van der Waals surface area contributed by atoms with Crippen molar-refractivity contribution in [3.63, 3.8) is 0 Å². The minimum Gasteiger partial charge on any atom is -0.418 e. The van der Waals surface area contributed by atoms with Gasteiger partial charge in [0, 0.05) is 13.2 Å². The third-order valence-electron chi connectivity index (χ3n) is 3.73. The molecule has 0 aliphatic carbocycles. The van der Waals surface area contributed by atoms with Crippen molar-refractivity contribution in [3.05, 3.63) is 0 Å². The van der Waals surface area contributed by atoms with Gasteiger partial charge >= 0.3 is 0 Å². The Morgan fingerprint density at radius 3 is 1.88 bits per heavy atom. The molecule has 0 aliphatic heterocycles. The maximum atomic E-state index is 6.17. The maximum absolute atomic E-state index is 6.17. The highest BCUT2D eigenvalue weighted by Crippen LogP contribution is 2.36. The van der Waals surface area contributed by atoms with E-state index >= 15 is 0 Å². The van der Waals surface area contributed by atoms with Crippen molar-refractivity contribution in [1.29, 1.82) is 0 Å². The van der Waals surface area contributed by atoms with Gasteiger partial charge < -0.3 is 8.85 Å². The summed E-state index contributed by atoms with van der Waals surface area (Å²) in [5.74, 6) is 0. The third kappa shape index (κ3) is 6.74. The molecule has 0 radical (unpaired) electrons. The lowest BCUT2D eigenvalue weighted by Crippen LogP contribution is -2.41. The molecule has 0 rings (SSSR count). The van der Waals surface area contributed by atoms with Crippen molar-refractivity contribution < 1.29 is 8.85 Å². The van der Waals surface area contributed by atoms with Crippen LogP contribution in [0.25, 0.3) is 0 Å². The summed E-state index contributed by atoms with van der Waals surface area (Å²) in [6.07, 6.45) is 1.14. The molecule has 0 aliphatic rings. The van der Waals surface area contributed by atoms with Crippen LogP contribution in [0, 0.1) is 0 Å². The van der Waals surface area contributed by atoms with Gasteiger partial charge in [0.05, 0.1) is 0 Å². The van der Waals surface area contributed by atoms with Gasteiger partial charge in [-0.2, -0.15) is 0 Å². The first-order chi connectivity index (χ1) is 7.52. The van der Waals surface area contributed by atoms with Crippen LogP contribution < -0.4 is 0 Å². The molecule has 104 valence electrons. The molecule has 0 heterocycles. The minimum absolute atomic E-state index is 0.319. The standard InChI is InChI=1S/C13H32O2Si2/c1-9-14-16(5,6)12-10-11-15-17(7,8)13(2,3)4/h9-12H2,1-8H3. The summed E-state index contributed by atoms with van der Waals surface area (Å²) >= 11 is 0. The van der Waals surface area contributed by atoms with Crippen LogP contribution in [-0.2, 0) is 8.85 Å². The van der Waals surface area contributed by atoms with E-state index in [1.165, 1.54) is 6.04 Å². The van der Waals surface area contributed by atoms with Crippen LogP contribution in [0.5, 0.6) is 0 Å². The Labute approximate surface area is 110 Å². The molecule has 0 fully saturated rings. The van der Waals surface area contributed by atoms with Crippen molar-refractivity contribution in [2.24, 2.45) is 0 Å². The molecule has 0 aromatic rings. The van der Waals surface area contributed by atoms with Gasteiger partial charge in [0.25, 0.3) is 0 Å². The van der Waals surface area contributed by atoms with Crippen LogP contribution in [-0.4, -0.2) is 29.8 Å². The van der Waals surface area contributed by atoms with Crippen LogP contribution in [0.4, 0.5) is 0 Å². The fourth-order valence-corrected chi connectivity index (χ4v) is 4.51. The van der Waals surface area contributed by atoms with Gasteiger partial charge in [0.2, 0.25) is 0 Å². The quantitative estimate of drug-likeness (QED) is 0.498. The predicted octanol–water partition coefficient (Wildman–Crippen LogP) is 4.64. The Bertz CT molecular complexity index is 220. The Morgan fingerprint density at radius 2 is 1.47 bits per heavy atom. The molecular formula is C13H32O2Si2. The summed E-state index contributed by atoms with van der Waals surface area (Å²) in [5.41, 5.74) is 0. The van der Waals surface area contributed by atoms with Crippen molar-refractivity contribution in [3.8, 4) is 0 Å². The molecule has 17 heavy (non-hydrogen) atoms. The highest BCUT2D eigenvalue weighted by Gasteiger charge is 2.37. The van der Waals surface area contributed by atoms with Gasteiger partial charge in [-0.25, -0.2) is 0 Å². The van der Waals surface area contributed by atoms with Crippen molar-refractivity contribution in [1.82, 2.24) is 0 Å². The average molecular weight is 277 g/mol. The molecule has 2 nitrogen and oxygen atoms in total. The summed E-state index contributed by atoms with van der Waals surface area (Å²) in [7, 11) is -2.96. The lowest BCUT2D eigenvalue weighted by atomic mass is 10.2. The van der Waals surface area contributed by atoms with Crippen LogP contribution in [0.15, 0.2) is 0 Å². The molecule has 0 aromatic heterocycles. The molecule has 0 amide bonds. The fraction of sp³-hybridized carbons (Fsp3) is 1.00. The van der Waals surface area contributed by atoms with Crippen LogP contribution in [0.3, 0.4) is 0 Å². The van der Waals surface area contributed by atoms with Crippen LogP contribution in [0.1, 0.15) is 34.1 Å². The summed E-state index contributed by atoms with van der Waals surface area (Å²) in [6.45, 7) is 19.9. The molecular weight excluding hydrogens is 244 g/mol. The zero-order valence-corrected chi connectivity index (χ0v) is 15.1. The molecule has 0 saturated carbocycles. The first-order valence-electron chi connectivity index (χ1n) is 6.80. The second kappa shape index (κ2) is 6.50. The normalized spacial score (nSPS) is 14.1. The minimum atomic E-state index is -1.55. The van der Waals surface area contributed by atoms with E-state index in [9.17, 15) is 0 Å². The molecule has 0 saturated heterocycles. The largest absolute Gasteiger partial charge is 0.418 e. The van der Waals surface area contributed by atoms with E-state index in [4.69, 9.17) is 8.85 Å². The van der Waals surface area contributed by atoms with Crippen LogP contribution >= 0.6 is 0 Å². The lowest BCUT2D eigenvalue weighted by molar-refractivity contribution is 0.280. The highest BCUT2D eigenvalue weighted by atomic mass is 28.4. The van der Waals surface area contributed by atoms with Gasteiger partial charge in [0.15, 0.2) is 16.6 Å². The second-order valence-corrected chi connectivity index (χ2v) is 16.0. The summed E-state index contributed by atoms with van der Waals surface area (Å²) in [5, 5.41) is 0.319.